The molecule has 0 unspecified atom stereocenters. The molecule has 15 heavy (non-hydrogen) atoms. The molecule has 0 radical (unpaired) electrons. The zero-order chi connectivity index (χ0) is 10.9. The first-order valence-corrected chi connectivity index (χ1v) is 20.8. The predicted octanol–water partition coefficient (Wildman–Crippen LogP) is 4.23. The molecule has 0 bridgehead atoms. The van der Waals surface area contributed by atoms with E-state index < -0.39 is 21.2 Å². The van der Waals surface area contributed by atoms with Gasteiger partial charge in [-0.05, 0) is 0 Å². The maximum absolute atomic E-state index is 2.55. The average Bonchev–Trinajstić information content (AvgIpc) is 2.73. The smallest absolute Gasteiger partial charge is 1.00 e. The van der Waals surface area contributed by atoms with Crippen LogP contribution in [0.5, 0.6) is 0 Å². The van der Waals surface area contributed by atoms with Crippen LogP contribution in [0.25, 0.3) is 0 Å². The summed E-state index contributed by atoms with van der Waals surface area (Å²) in [4.78, 5) is 0. The molecule has 0 nitrogen and oxygen atoms in total. The van der Waals surface area contributed by atoms with E-state index in [-0.39, 0.29) is 22.0 Å². The average molecular weight is 431 g/mol. The van der Waals surface area contributed by atoms with E-state index >= 15 is 0 Å². The third-order valence-corrected chi connectivity index (χ3v) is 14.7. The van der Waals surface area contributed by atoms with Gasteiger partial charge in [-0.3, -0.25) is 0 Å². The molecule has 0 atom stereocenters. The minimum absolute atomic E-state index is 0. The van der Waals surface area contributed by atoms with Crippen molar-refractivity contribution >= 4 is 21.2 Å². The minimum Gasteiger partial charge on any atom is -1.00 e. The second-order valence-corrected chi connectivity index (χ2v) is 27.1. The first-order valence-electron chi connectivity index (χ1n) is 5.60. The van der Waals surface area contributed by atoms with Gasteiger partial charge in [-0.15, -0.1) is 0 Å². The van der Waals surface area contributed by atoms with Crippen LogP contribution < -0.4 is 0 Å². The number of hydrogen-bond donors (Lipinski definition) is 0. The summed E-state index contributed by atoms with van der Waals surface area (Å²) in [5, 5.41) is 0. The van der Waals surface area contributed by atoms with E-state index in [1.165, 1.54) is 12.8 Å². The van der Waals surface area contributed by atoms with Crippen LogP contribution in [0.15, 0.2) is 41.3 Å². The van der Waals surface area contributed by atoms with Crippen LogP contribution in [0.4, 0.5) is 0 Å². The molecule has 0 saturated carbocycles. The summed E-state index contributed by atoms with van der Waals surface area (Å²) >= 11 is -1.89. The van der Waals surface area contributed by atoms with Crippen LogP contribution in [0.3, 0.4) is 0 Å². The molecular formula is C13H20PbTi-2. The van der Waals surface area contributed by atoms with E-state index in [1.54, 1.807) is 3.88 Å². The van der Waals surface area contributed by atoms with Crippen molar-refractivity contribution in [2.75, 3.05) is 0 Å². The molecule has 0 aromatic rings. The Labute approximate surface area is 110 Å². The largest absolute Gasteiger partial charge is 1.00 e. The molecular weight excluding hydrogens is 411 g/mol. The SMILES string of the molecule is [CH3][Pb]([CH3])([CH3])[C]1=[C]([Ti][C]2=CC=CC2)CC=C1.[H-].[H-]. The topological polar surface area (TPSA) is 0 Å². The number of hydrogen-bond acceptors (Lipinski definition) is 0. The van der Waals surface area contributed by atoms with Gasteiger partial charge in [0.15, 0.2) is 0 Å². The van der Waals surface area contributed by atoms with Crippen molar-refractivity contribution in [3.05, 3.63) is 41.3 Å². The molecule has 2 aliphatic carbocycles. The van der Waals surface area contributed by atoms with Crippen molar-refractivity contribution in [3.63, 3.8) is 0 Å². The predicted molar refractivity (Wildman–Crippen MR) is 68.2 cm³/mol. The van der Waals surface area contributed by atoms with Gasteiger partial charge >= 0.3 is 108 Å². The van der Waals surface area contributed by atoms with Gasteiger partial charge in [0.1, 0.15) is 0 Å². The summed E-state index contributed by atoms with van der Waals surface area (Å²) in [7, 11) is 0. The molecule has 82 valence electrons. The fraction of sp³-hybridized carbons (Fsp3) is 0.385. The number of allylic oxidation sites excluding steroid dienone is 8. The Morgan fingerprint density at radius 1 is 1.20 bits per heavy atom. The molecule has 0 fully saturated rings. The van der Waals surface area contributed by atoms with Gasteiger partial charge in [0.05, 0.1) is 0 Å². The molecule has 0 N–H and O–H groups in total. The molecule has 0 aromatic carbocycles. The van der Waals surface area contributed by atoms with Crippen molar-refractivity contribution in [2.24, 2.45) is 0 Å². The molecule has 2 heteroatoms. The quantitative estimate of drug-likeness (QED) is 0.587. The Bertz CT molecular complexity index is 387. The molecule has 0 heterocycles. The van der Waals surface area contributed by atoms with E-state index in [2.05, 4.69) is 43.8 Å². The standard InChI is InChI=1S/C5H5.C5H4.3CH3.Pb.Ti.2H/c2*1-2-4-5-3-1;;;;;;;/h1-3H,4H2;1-2H,3H2;3*1H3;;;;/q;;;;;;;2*-1. The summed E-state index contributed by atoms with van der Waals surface area (Å²) in [5.41, 5.74) is 0. The zero-order valence-corrected chi connectivity index (χ0v) is 15.2. The minimum atomic E-state index is -1.93. The van der Waals surface area contributed by atoms with Crippen LogP contribution in [0.2, 0.25) is 13.4 Å². The van der Waals surface area contributed by atoms with Crippen LogP contribution in [-0.4, -0.2) is 21.2 Å². The van der Waals surface area contributed by atoms with Gasteiger partial charge in [0.25, 0.3) is 0 Å². The fourth-order valence-corrected chi connectivity index (χ4v) is 16.4. The van der Waals surface area contributed by atoms with Gasteiger partial charge in [0.2, 0.25) is 0 Å². The third-order valence-electron chi connectivity index (χ3n) is 2.82. The van der Waals surface area contributed by atoms with Crippen molar-refractivity contribution in [2.45, 2.75) is 26.3 Å². The van der Waals surface area contributed by atoms with E-state index in [1.807, 2.05) is 7.01 Å². The van der Waals surface area contributed by atoms with Crippen LogP contribution in [0.1, 0.15) is 15.7 Å². The summed E-state index contributed by atoms with van der Waals surface area (Å²) < 4.78 is 13.0. The van der Waals surface area contributed by atoms with Crippen molar-refractivity contribution in [1.29, 1.82) is 0 Å². The molecule has 2 rings (SSSR count). The summed E-state index contributed by atoms with van der Waals surface area (Å²) in [5.74, 6) is 0. The van der Waals surface area contributed by atoms with Gasteiger partial charge < -0.3 is 2.85 Å². The van der Waals surface area contributed by atoms with E-state index in [4.69, 9.17) is 0 Å². The van der Waals surface area contributed by atoms with Crippen LogP contribution in [-0.2, 0) is 19.2 Å². The summed E-state index contributed by atoms with van der Waals surface area (Å²) in [6, 6.07) is 0. The molecule has 0 amide bonds. The Morgan fingerprint density at radius 2 is 2.00 bits per heavy atom. The summed E-state index contributed by atoms with van der Waals surface area (Å²) in [6.45, 7) is 0. The van der Waals surface area contributed by atoms with Crippen molar-refractivity contribution < 1.29 is 22.0 Å². The van der Waals surface area contributed by atoms with E-state index in [0.717, 1.165) is 0 Å². The molecule has 0 saturated heterocycles. The zero-order valence-electron chi connectivity index (χ0n) is 11.8. The maximum atomic E-state index is 2.55. The normalized spacial score (nSPS) is 20.1. The molecule has 0 aliphatic heterocycles. The maximum Gasteiger partial charge on any atom is -1.00 e. The molecule has 0 aromatic heterocycles. The Morgan fingerprint density at radius 3 is 2.60 bits per heavy atom. The summed E-state index contributed by atoms with van der Waals surface area (Å²) in [6.07, 6.45) is 14.2. The van der Waals surface area contributed by atoms with Crippen LogP contribution >= 0.6 is 0 Å². The number of rotatable bonds is 3. The Hall–Kier alpha value is 0.596. The van der Waals surface area contributed by atoms with Crippen LogP contribution in [0, 0.1) is 0 Å². The Kier molecular flexibility index (Phi) is 3.90. The second-order valence-electron chi connectivity index (χ2n) is 5.20. The second kappa shape index (κ2) is 4.85. The third kappa shape index (κ3) is 3.04. The van der Waals surface area contributed by atoms with Gasteiger partial charge in [0, 0.05) is 0 Å². The molecule has 2 aliphatic rings. The van der Waals surface area contributed by atoms with Crippen molar-refractivity contribution in [3.8, 4) is 0 Å². The van der Waals surface area contributed by atoms with E-state index in [9.17, 15) is 0 Å². The van der Waals surface area contributed by atoms with Gasteiger partial charge in [-0.2, -0.15) is 0 Å². The first kappa shape index (κ1) is 12.1. The molecule has 0 spiro atoms. The Balaban J connectivity index is 0.00000128. The van der Waals surface area contributed by atoms with Gasteiger partial charge in [-0.25, -0.2) is 0 Å². The first-order chi connectivity index (χ1) is 7.07. The van der Waals surface area contributed by atoms with Crippen molar-refractivity contribution in [1.82, 2.24) is 0 Å². The monoisotopic (exact) mass is 432 g/mol. The fourth-order valence-electron chi connectivity index (χ4n) is 2.06. The van der Waals surface area contributed by atoms with Gasteiger partial charge in [-0.1, -0.05) is 0 Å². The van der Waals surface area contributed by atoms with E-state index in [0.29, 0.717) is 0 Å².